The van der Waals surface area contributed by atoms with Crippen LogP contribution >= 0.6 is 0 Å². The van der Waals surface area contributed by atoms with Crippen molar-refractivity contribution in [2.75, 3.05) is 4.90 Å². The number of para-hydroxylation sites is 3. The lowest BCUT2D eigenvalue weighted by atomic mass is 9.81. The van der Waals surface area contributed by atoms with Crippen molar-refractivity contribution >= 4 is 71.2 Å². The van der Waals surface area contributed by atoms with Crippen LogP contribution in [0, 0.1) is 0 Å². The van der Waals surface area contributed by atoms with Gasteiger partial charge in [-0.05, 0) is 115 Å². The van der Waals surface area contributed by atoms with Crippen LogP contribution in [0.1, 0.15) is 52.7 Å². The molecule has 0 bridgehead atoms. The lowest BCUT2D eigenvalue weighted by Crippen LogP contribution is -2.15. The van der Waals surface area contributed by atoms with Crippen LogP contribution in [0.15, 0.2) is 194 Å². The Kier molecular flexibility index (Phi) is 8.67. The molecule has 0 spiro atoms. The van der Waals surface area contributed by atoms with Crippen molar-refractivity contribution in [1.82, 2.24) is 4.57 Å². The summed E-state index contributed by atoms with van der Waals surface area (Å²) in [5.74, 6) is 0. The van der Waals surface area contributed by atoms with Crippen molar-refractivity contribution < 1.29 is 0 Å². The number of fused-ring (bicyclic) bond motifs is 3. The minimum atomic E-state index is -0.0510. The van der Waals surface area contributed by atoms with E-state index in [1.165, 1.54) is 93.2 Å². The fraction of sp³-hybridized carbons (Fsp3) is 0.133. The van der Waals surface area contributed by atoms with E-state index in [9.17, 15) is 0 Å². The third-order valence-corrected chi connectivity index (χ3v) is 13.0. The van der Waals surface area contributed by atoms with Gasteiger partial charge < -0.3 is 9.47 Å². The summed E-state index contributed by atoms with van der Waals surface area (Å²) in [6, 6.07) is 72.4. The third kappa shape index (κ3) is 6.16. The molecule has 0 N–H and O–H groups in total. The molecule has 1 aromatic heterocycles. The van der Waals surface area contributed by atoms with Crippen LogP contribution in [0.25, 0.3) is 82.1 Å². The van der Waals surface area contributed by atoms with Crippen molar-refractivity contribution in [2.45, 2.75) is 52.4 Å². The highest BCUT2D eigenvalue weighted by Gasteiger charge is 2.26. The van der Waals surface area contributed by atoms with Gasteiger partial charge in [0.15, 0.2) is 0 Å². The Balaban J connectivity index is 1.20. The molecular weight excluding hydrogens is 749 g/mol. The first kappa shape index (κ1) is 37.8. The average Bonchev–Trinajstić information content (AvgIpc) is 3.62. The Hall–Kier alpha value is -7.16. The normalized spacial score (nSPS) is 12.4. The molecule has 300 valence electrons. The van der Waals surface area contributed by atoms with Gasteiger partial charge in [0, 0.05) is 32.8 Å². The van der Waals surface area contributed by atoms with Gasteiger partial charge in [0.2, 0.25) is 0 Å². The Bertz CT molecular complexity index is 3410. The molecule has 0 amide bonds. The van der Waals surface area contributed by atoms with Crippen LogP contribution in [-0.4, -0.2) is 4.57 Å². The molecular formula is C60H50N2. The fourth-order valence-corrected chi connectivity index (χ4v) is 9.77. The maximum absolute atomic E-state index is 2.51. The Morgan fingerprint density at radius 2 is 0.903 bits per heavy atom. The summed E-state index contributed by atoms with van der Waals surface area (Å²) in [7, 11) is 0. The number of benzene rings is 10. The summed E-state index contributed by atoms with van der Waals surface area (Å²) in [6.07, 6.45) is 0. The maximum atomic E-state index is 2.51. The van der Waals surface area contributed by atoms with Crippen molar-refractivity contribution in [3.8, 4) is 27.9 Å². The highest BCUT2D eigenvalue weighted by molar-refractivity contribution is 6.27. The second-order valence-corrected chi connectivity index (χ2v) is 19.0. The standard InChI is InChI=1S/C60H50N2/c1-59(2,3)44-29-34-56(51(38-44)43-35-42(39-17-9-7-10-18-39)36-45(37-43)60(4,5)6)61(46-19-11-8-12-20-46)54-32-27-40-26-31-50-55(33-28-41-25-30-49(54)57(40)58(41)50)62-52-23-15-13-21-47(52)48-22-14-16-24-53(48)62/h7-38H,1-6H3. The quantitative estimate of drug-likeness (QED) is 0.152. The van der Waals surface area contributed by atoms with Gasteiger partial charge in [-0.1, -0.05) is 181 Å². The molecule has 0 radical (unpaired) electrons. The molecule has 2 nitrogen and oxygen atoms in total. The number of hydrogen-bond donors (Lipinski definition) is 0. The minimum absolute atomic E-state index is 0.0458. The van der Waals surface area contributed by atoms with E-state index in [1.54, 1.807) is 0 Å². The number of anilines is 3. The van der Waals surface area contributed by atoms with Crippen LogP contribution in [0.3, 0.4) is 0 Å². The SMILES string of the molecule is CC(C)(C)c1cc(-c2ccccc2)cc(-c2cc(C(C)(C)C)ccc2N(c2ccccc2)c2ccc3ccc4c(-n5c6ccccc6c6ccccc65)ccc5ccc2c3c54)c1. The Morgan fingerprint density at radius 3 is 1.56 bits per heavy atom. The van der Waals surface area contributed by atoms with Gasteiger partial charge in [-0.3, -0.25) is 0 Å². The molecule has 0 aliphatic carbocycles. The zero-order valence-electron chi connectivity index (χ0n) is 36.4. The van der Waals surface area contributed by atoms with Crippen molar-refractivity contribution in [3.05, 3.63) is 205 Å². The summed E-state index contributed by atoms with van der Waals surface area (Å²) >= 11 is 0. The summed E-state index contributed by atoms with van der Waals surface area (Å²) in [4.78, 5) is 2.51. The topological polar surface area (TPSA) is 8.17 Å². The highest BCUT2D eigenvalue weighted by Crippen LogP contribution is 2.49. The van der Waals surface area contributed by atoms with Gasteiger partial charge in [0.05, 0.1) is 28.1 Å². The van der Waals surface area contributed by atoms with Crippen LogP contribution < -0.4 is 4.90 Å². The molecule has 62 heavy (non-hydrogen) atoms. The predicted molar refractivity (Wildman–Crippen MR) is 267 cm³/mol. The van der Waals surface area contributed by atoms with Crippen LogP contribution in [-0.2, 0) is 10.8 Å². The summed E-state index contributed by atoms with van der Waals surface area (Å²) in [5, 5.41) is 10.1. The minimum Gasteiger partial charge on any atom is -0.309 e. The fourth-order valence-electron chi connectivity index (χ4n) is 9.77. The van der Waals surface area contributed by atoms with Crippen LogP contribution in [0.2, 0.25) is 0 Å². The number of aromatic nitrogens is 1. The summed E-state index contributed by atoms with van der Waals surface area (Å²) < 4.78 is 2.46. The molecule has 1 heterocycles. The van der Waals surface area contributed by atoms with Gasteiger partial charge in [-0.2, -0.15) is 0 Å². The first-order valence-electron chi connectivity index (χ1n) is 21.9. The zero-order chi connectivity index (χ0) is 42.3. The molecule has 0 saturated carbocycles. The molecule has 11 aromatic rings. The zero-order valence-corrected chi connectivity index (χ0v) is 36.4. The molecule has 0 aliphatic heterocycles. The van der Waals surface area contributed by atoms with E-state index in [0.717, 1.165) is 17.1 Å². The van der Waals surface area contributed by atoms with E-state index in [2.05, 4.69) is 245 Å². The van der Waals surface area contributed by atoms with Gasteiger partial charge in [-0.15, -0.1) is 0 Å². The Labute approximate surface area is 364 Å². The smallest absolute Gasteiger partial charge is 0.0541 e. The van der Waals surface area contributed by atoms with Gasteiger partial charge in [-0.25, -0.2) is 0 Å². The number of rotatable bonds is 6. The molecule has 0 unspecified atom stereocenters. The predicted octanol–water partition coefficient (Wildman–Crippen LogP) is 17.1. The summed E-state index contributed by atoms with van der Waals surface area (Å²) in [6.45, 7) is 13.9. The lowest BCUT2D eigenvalue weighted by molar-refractivity contribution is 0.589. The van der Waals surface area contributed by atoms with E-state index in [4.69, 9.17) is 0 Å². The van der Waals surface area contributed by atoms with Crippen molar-refractivity contribution in [2.24, 2.45) is 0 Å². The maximum Gasteiger partial charge on any atom is 0.0541 e. The van der Waals surface area contributed by atoms with Crippen LogP contribution in [0.5, 0.6) is 0 Å². The second kappa shape index (κ2) is 14.2. The third-order valence-electron chi connectivity index (χ3n) is 13.0. The molecule has 0 saturated heterocycles. The largest absolute Gasteiger partial charge is 0.309 e. The number of hydrogen-bond acceptors (Lipinski definition) is 1. The molecule has 0 fully saturated rings. The second-order valence-electron chi connectivity index (χ2n) is 19.0. The summed E-state index contributed by atoms with van der Waals surface area (Å²) in [5.41, 5.74) is 14.5. The molecule has 0 atom stereocenters. The van der Waals surface area contributed by atoms with E-state index in [-0.39, 0.29) is 10.8 Å². The van der Waals surface area contributed by atoms with E-state index in [0.29, 0.717) is 0 Å². The van der Waals surface area contributed by atoms with E-state index >= 15 is 0 Å². The van der Waals surface area contributed by atoms with Gasteiger partial charge >= 0.3 is 0 Å². The van der Waals surface area contributed by atoms with E-state index < -0.39 is 0 Å². The highest BCUT2D eigenvalue weighted by atomic mass is 15.1. The lowest BCUT2D eigenvalue weighted by Gasteiger charge is -2.31. The van der Waals surface area contributed by atoms with Crippen molar-refractivity contribution in [1.29, 1.82) is 0 Å². The molecule has 2 heteroatoms. The first-order valence-corrected chi connectivity index (χ1v) is 21.9. The molecule has 11 rings (SSSR count). The van der Waals surface area contributed by atoms with E-state index in [1.807, 2.05) is 0 Å². The molecule has 0 aliphatic rings. The average molecular weight is 799 g/mol. The molecule has 10 aromatic carbocycles. The van der Waals surface area contributed by atoms with Crippen molar-refractivity contribution in [3.63, 3.8) is 0 Å². The van der Waals surface area contributed by atoms with Gasteiger partial charge in [0.25, 0.3) is 0 Å². The number of nitrogens with zero attached hydrogens (tertiary/aromatic N) is 2. The monoisotopic (exact) mass is 798 g/mol. The van der Waals surface area contributed by atoms with Gasteiger partial charge in [0.1, 0.15) is 0 Å². The Morgan fingerprint density at radius 1 is 0.371 bits per heavy atom. The first-order chi connectivity index (χ1) is 30.0. The van der Waals surface area contributed by atoms with Crippen LogP contribution in [0.4, 0.5) is 17.1 Å².